The van der Waals surface area contributed by atoms with E-state index in [-0.39, 0.29) is 41.2 Å². The monoisotopic (exact) mass is 632 g/mol. The largest absolute Gasteiger partial charge is 0.455 e. The quantitative estimate of drug-likeness (QED) is 0.343. The van der Waals surface area contributed by atoms with Crippen molar-refractivity contribution in [1.82, 2.24) is 10.2 Å². The second kappa shape index (κ2) is 12.7. The Labute approximate surface area is 261 Å². The van der Waals surface area contributed by atoms with Gasteiger partial charge in [-0.25, -0.2) is 8.60 Å². The van der Waals surface area contributed by atoms with E-state index < -0.39 is 16.8 Å². The van der Waals surface area contributed by atoms with Gasteiger partial charge >= 0.3 is 0 Å². The summed E-state index contributed by atoms with van der Waals surface area (Å²) in [5.41, 5.74) is 4.07. The Kier molecular flexibility index (Phi) is 8.98. The molecule has 1 fully saturated rings. The second-order valence-electron chi connectivity index (χ2n) is 10.9. The number of carbonyl (C=O) groups excluding carboxylic acids is 3. The molecular formula is C33H33FN4O6S. The van der Waals surface area contributed by atoms with Gasteiger partial charge in [0.05, 0.1) is 11.3 Å². The van der Waals surface area contributed by atoms with Gasteiger partial charge in [0, 0.05) is 67.5 Å². The van der Waals surface area contributed by atoms with Gasteiger partial charge in [0.2, 0.25) is 0 Å². The first-order chi connectivity index (χ1) is 21.2. The molecule has 2 aliphatic rings. The first-order valence-corrected chi connectivity index (χ1v) is 15.8. The van der Waals surface area contributed by atoms with E-state index in [0.29, 0.717) is 57.8 Å². The molecule has 3 heterocycles. The van der Waals surface area contributed by atoms with Gasteiger partial charge in [-0.05, 0) is 48.7 Å². The number of hydrogen-bond donors (Lipinski definition) is 1. The highest BCUT2D eigenvalue weighted by Gasteiger charge is 2.34. The van der Waals surface area contributed by atoms with E-state index in [4.69, 9.17) is 4.42 Å². The number of hydrogen-bond acceptors (Lipinski definition) is 6. The van der Waals surface area contributed by atoms with E-state index in [1.807, 2.05) is 6.07 Å². The fourth-order valence-corrected chi connectivity index (χ4v) is 6.48. The third-order valence-electron chi connectivity index (χ3n) is 8.34. The van der Waals surface area contributed by atoms with Gasteiger partial charge in [-0.2, -0.15) is 0 Å². The van der Waals surface area contributed by atoms with Crippen molar-refractivity contribution in [3.63, 3.8) is 0 Å². The van der Waals surface area contributed by atoms with E-state index in [2.05, 4.69) is 10.3 Å². The molecule has 0 aliphatic carbocycles. The Morgan fingerprint density at radius 1 is 1.11 bits per heavy atom. The first-order valence-electron chi connectivity index (χ1n) is 14.3. The molecule has 12 heteroatoms. The molecule has 3 aromatic carbocycles. The molecular weight excluding hydrogens is 599 g/mol. The number of rotatable bonds is 6. The van der Waals surface area contributed by atoms with Gasteiger partial charge in [0.15, 0.2) is 5.78 Å². The number of ketones is 1. The van der Waals surface area contributed by atoms with Crippen molar-refractivity contribution in [3.8, 4) is 11.3 Å². The Balaban J connectivity index is 0.00000400. The van der Waals surface area contributed by atoms with Crippen LogP contribution in [-0.2, 0) is 15.8 Å². The minimum atomic E-state index is -1.38. The summed E-state index contributed by atoms with van der Waals surface area (Å²) in [4.78, 5) is 45.6. The Morgan fingerprint density at radius 2 is 1.82 bits per heavy atom. The zero-order valence-corrected chi connectivity index (χ0v) is 25.9. The molecule has 4 aromatic rings. The van der Waals surface area contributed by atoms with Crippen molar-refractivity contribution < 1.29 is 32.9 Å². The van der Waals surface area contributed by atoms with E-state index in [0.717, 1.165) is 18.4 Å². The summed E-state index contributed by atoms with van der Waals surface area (Å²) in [6.45, 7) is 0.832. The molecule has 3 N–H and O–H groups in total. The van der Waals surface area contributed by atoms with Crippen LogP contribution in [0.1, 0.15) is 50.6 Å². The molecule has 1 aromatic heterocycles. The maximum Gasteiger partial charge on any atom is 0.272 e. The van der Waals surface area contributed by atoms with Gasteiger partial charge in [0.25, 0.3) is 11.8 Å². The Hall–Kier alpha value is -4.68. The highest BCUT2D eigenvalue weighted by Crippen LogP contribution is 2.41. The van der Waals surface area contributed by atoms with Crippen LogP contribution in [-0.4, -0.2) is 77.9 Å². The minimum absolute atomic E-state index is 0. The number of benzene rings is 3. The molecule has 10 nitrogen and oxygen atoms in total. The molecule has 234 valence electrons. The standard InChI is InChI=1S/C33H31FN4O5S.H2O/c1-35-32(40)29-25-15-24(26(37(2)44(3)42)16-28(25)43-31(29)19-10-12-21(34)13-11-19)20-7-6-14-38(18-20)33(41)30-23-9-5-4-8-22(23)27(39)17-36-30;/h4-5,8-13,15-16,20H,6-7,14,17-18H2,1-3H3,(H,35,40);1H2/t20-,44?;/m0./s1. The van der Waals surface area contributed by atoms with E-state index >= 15 is 0 Å². The molecule has 2 aliphatic heterocycles. The molecule has 0 spiro atoms. The van der Waals surface area contributed by atoms with Crippen molar-refractivity contribution in [2.24, 2.45) is 4.99 Å². The van der Waals surface area contributed by atoms with Gasteiger partial charge < -0.3 is 20.1 Å². The zero-order valence-electron chi connectivity index (χ0n) is 25.1. The number of furan rings is 1. The molecule has 0 bridgehead atoms. The number of piperidine rings is 1. The molecule has 1 unspecified atom stereocenters. The van der Waals surface area contributed by atoms with Crippen LogP contribution in [0.25, 0.3) is 22.3 Å². The van der Waals surface area contributed by atoms with Crippen molar-refractivity contribution in [1.29, 1.82) is 0 Å². The molecule has 45 heavy (non-hydrogen) atoms. The first kappa shape index (κ1) is 31.7. The number of fused-ring (bicyclic) bond motifs is 2. The summed E-state index contributed by atoms with van der Waals surface area (Å²) < 4.78 is 34.3. The molecule has 2 atom stereocenters. The van der Waals surface area contributed by atoms with Crippen molar-refractivity contribution >= 4 is 51.0 Å². The number of anilines is 1. The number of likely N-dealkylation sites (tertiary alicyclic amines) is 1. The Bertz CT molecular complexity index is 1870. The molecule has 1 saturated heterocycles. The van der Waals surface area contributed by atoms with Crippen molar-refractivity contribution in [3.05, 3.63) is 88.7 Å². The maximum absolute atomic E-state index is 13.8. The predicted molar refractivity (Wildman–Crippen MR) is 172 cm³/mol. The Morgan fingerprint density at radius 3 is 2.51 bits per heavy atom. The highest BCUT2D eigenvalue weighted by molar-refractivity contribution is 7.85. The third-order valence-corrected chi connectivity index (χ3v) is 9.31. The van der Waals surface area contributed by atoms with Crippen LogP contribution in [0.2, 0.25) is 0 Å². The van der Waals surface area contributed by atoms with Crippen LogP contribution in [0, 0.1) is 5.82 Å². The van der Waals surface area contributed by atoms with Gasteiger partial charge in [-0.15, -0.1) is 0 Å². The number of halogens is 1. The lowest BCUT2D eigenvalue weighted by Gasteiger charge is -2.35. The minimum Gasteiger partial charge on any atom is -0.455 e. The molecule has 6 rings (SSSR count). The van der Waals surface area contributed by atoms with Crippen LogP contribution in [0.3, 0.4) is 0 Å². The normalized spacial score (nSPS) is 16.8. The van der Waals surface area contributed by atoms with Gasteiger partial charge in [-0.1, -0.05) is 24.3 Å². The number of aliphatic imine (C=N–C) groups is 1. The summed E-state index contributed by atoms with van der Waals surface area (Å²) >= 11 is 0. The summed E-state index contributed by atoms with van der Waals surface area (Å²) in [6, 6.07) is 16.4. The third kappa shape index (κ3) is 5.78. The van der Waals surface area contributed by atoms with Crippen LogP contribution in [0.4, 0.5) is 10.1 Å². The number of amides is 2. The molecule has 0 saturated carbocycles. The molecule has 2 amide bonds. The smallest absolute Gasteiger partial charge is 0.272 e. The van der Waals surface area contributed by atoms with E-state index in [9.17, 15) is 23.0 Å². The van der Waals surface area contributed by atoms with Crippen LogP contribution in [0.15, 0.2) is 70.1 Å². The summed E-state index contributed by atoms with van der Waals surface area (Å²) in [7, 11) is 1.88. The van der Waals surface area contributed by atoms with Crippen LogP contribution in [0.5, 0.6) is 0 Å². The topological polar surface area (TPSA) is 144 Å². The summed E-state index contributed by atoms with van der Waals surface area (Å²) in [6.07, 6.45) is 3.05. The number of Topliss-reactive ketones (excluding diaryl/α,β-unsaturated/α-hetero) is 1. The number of nitrogens with zero attached hydrogens (tertiary/aromatic N) is 3. The number of carbonyl (C=O) groups is 3. The zero-order chi connectivity index (χ0) is 31.1. The second-order valence-corrected chi connectivity index (χ2v) is 12.3. The number of nitrogens with one attached hydrogen (secondary N) is 1. The fraction of sp³-hybridized carbons (Fsp3) is 0.273. The fourth-order valence-electron chi connectivity index (χ4n) is 6.04. The van der Waals surface area contributed by atoms with Crippen molar-refractivity contribution in [2.75, 3.05) is 44.3 Å². The lowest BCUT2D eigenvalue weighted by Crippen LogP contribution is -2.44. The van der Waals surface area contributed by atoms with Crippen LogP contribution < -0.4 is 9.62 Å². The summed E-state index contributed by atoms with van der Waals surface area (Å²) in [5, 5.41) is 3.24. The van der Waals surface area contributed by atoms with Crippen molar-refractivity contribution in [2.45, 2.75) is 18.8 Å². The van der Waals surface area contributed by atoms with Gasteiger partial charge in [-0.3, -0.25) is 23.7 Å². The lowest BCUT2D eigenvalue weighted by atomic mass is 9.87. The van der Waals surface area contributed by atoms with Gasteiger partial charge in [0.1, 0.15) is 40.4 Å². The lowest BCUT2D eigenvalue weighted by molar-refractivity contribution is -0.125. The van der Waals surface area contributed by atoms with Crippen LogP contribution >= 0.6 is 0 Å². The maximum atomic E-state index is 13.8. The SMILES string of the molecule is CNC(=O)c1c(-c2ccc(F)cc2)oc2cc(N(C)S(C)=O)c([C@H]3CCCN(C(=O)C4=NCC(=O)c5ccccc54)C3)cc12.O. The van der Waals surface area contributed by atoms with E-state index in [1.165, 1.54) is 19.2 Å². The predicted octanol–water partition coefficient (Wildman–Crippen LogP) is 3.90. The average Bonchev–Trinajstić information content (AvgIpc) is 3.42. The molecule has 0 radical (unpaired) electrons. The average molecular weight is 633 g/mol. The highest BCUT2D eigenvalue weighted by atomic mass is 32.2. The summed E-state index contributed by atoms with van der Waals surface area (Å²) in [5.74, 6) is -0.980. The van der Waals surface area contributed by atoms with E-state index in [1.54, 1.807) is 65.0 Å².